The molecule has 0 heterocycles. The van der Waals surface area contributed by atoms with Crippen LogP contribution in [0.3, 0.4) is 0 Å². The van der Waals surface area contributed by atoms with Crippen molar-refractivity contribution < 1.29 is 14.4 Å². The summed E-state index contributed by atoms with van der Waals surface area (Å²) in [5.41, 5.74) is 3.37. The number of hydrogen-bond donors (Lipinski definition) is 1. The van der Waals surface area contributed by atoms with Gasteiger partial charge < -0.3 is 5.32 Å². The number of rotatable bonds is 4. The van der Waals surface area contributed by atoms with Crippen LogP contribution >= 0.6 is 0 Å². The lowest BCUT2D eigenvalue weighted by Gasteiger charge is -2.23. The zero-order valence-electron chi connectivity index (χ0n) is 17.3. The number of carbonyl (C=O) groups excluding carboxylic acids is 3. The van der Waals surface area contributed by atoms with E-state index < -0.39 is 0 Å². The highest BCUT2D eigenvalue weighted by Crippen LogP contribution is 2.32. The van der Waals surface area contributed by atoms with E-state index in [1.807, 2.05) is 12.1 Å². The van der Waals surface area contributed by atoms with Gasteiger partial charge in [0.05, 0.1) is 11.3 Å². The Kier molecular flexibility index (Phi) is 4.86. The molecule has 1 aliphatic rings. The van der Waals surface area contributed by atoms with E-state index in [2.05, 4.69) is 26.1 Å². The van der Waals surface area contributed by atoms with Crippen LogP contribution in [-0.4, -0.2) is 17.5 Å². The Morgan fingerprint density at radius 1 is 0.800 bits per heavy atom. The number of fused-ring (bicyclic) bond motifs is 2. The van der Waals surface area contributed by atoms with E-state index in [-0.39, 0.29) is 28.5 Å². The average Bonchev–Trinajstić information content (AvgIpc) is 2.77. The maximum absolute atomic E-state index is 13.1. The van der Waals surface area contributed by atoms with Crippen molar-refractivity contribution in [3.63, 3.8) is 0 Å². The van der Waals surface area contributed by atoms with Crippen LogP contribution < -0.4 is 5.32 Å². The Hall–Kier alpha value is -3.53. The van der Waals surface area contributed by atoms with Gasteiger partial charge in [-0.05, 0) is 35.6 Å². The van der Waals surface area contributed by atoms with E-state index in [1.54, 1.807) is 54.6 Å². The predicted octanol–water partition coefficient (Wildman–Crippen LogP) is 5.40. The quantitative estimate of drug-likeness (QED) is 0.501. The summed E-state index contributed by atoms with van der Waals surface area (Å²) in [7, 11) is 0. The second kappa shape index (κ2) is 7.38. The van der Waals surface area contributed by atoms with Crippen molar-refractivity contribution in [1.29, 1.82) is 0 Å². The molecule has 4 heteroatoms. The molecule has 4 nitrogen and oxygen atoms in total. The molecule has 0 saturated heterocycles. The van der Waals surface area contributed by atoms with Gasteiger partial charge in [-0.1, -0.05) is 69.3 Å². The summed E-state index contributed by atoms with van der Waals surface area (Å²) in [6.07, 6.45) is 0.992. The predicted molar refractivity (Wildman–Crippen MR) is 117 cm³/mol. The van der Waals surface area contributed by atoms with Crippen LogP contribution in [-0.2, 0) is 5.41 Å². The number of anilines is 1. The zero-order valence-corrected chi connectivity index (χ0v) is 17.3. The molecular formula is C26H23NO3. The van der Waals surface area contributed by atoms with Crippen molar-refractivity contribution in [2.75, 3.05) is 5.32 Å². The van der Waals surface area contributed by atoms with Gasteiger partial charge in [0.15, 0.2) is 11.6 Å². The summed E-state index contributed by atoms with van der Waals surface area (Å²) < 4.78 is 0. The second-order valence-electron chi connectivity index (χ2n) is 8.20. The Morgan fingerprint density at radius 2 is 1.40 bits per heavy atom. The van der Waals surface area contributed by atoms with E-state index in [4.69, 9.17) is 0 Å². The number of nitrogens with one attached hydrogen (secondary N) is 1. The van der Waals surface area contributed by atoms with Crippen LogP contribution in [0.25, 0.3) is 0 Å². The van der Waals surface area contributed by atoms with Crippen molar-refractivity contribution in [2.45, 2.75) is 32.6 Å². The molecule has 0 radical (unpaired) electrons. The van der Waals surface area contributed by atoms with Gasteiger partial charge in [-0.3, -0.25) is 14.4 Å². The first-order chi connectivity index (χ1) is 14.3. The van der Waals surface area contributed by atoms with Crippen LogP contribution in [0.4, 0.5) is 5.69 Å². The molecule has 0 atom stereocenters. The first-order valence-corrected chi connectivity index (χ1v) is 10.1. The largest absolute Gasteiger partial charge is 0.321 e. The van der Waals surface area contributed by atoms with E-state index >= 15 is 0 Å². The highest BCUT2D eigenvalue weighted by molar-refractivity contribution is 6.30. The highest BCUT2D eigenvalue weighted by Gasteiger charge is 2.31. The topological polar surface area (TPSA) is 63.2 Å². The van der Waals surface area contributed by atoms with E-state index in [0.29, 0.717) is 27.9 Å². The van der Waals surface area contributed by atoms with Gasteiger partial charge in [0.1, 0.15) is 0 Å². The molecule has 1 aliphatic carbocycles. The average molecular weight is 397 g/mol. The zero-order chi connectivity index (χ0) is 21.5. The lowest BCUT2D eigenvalue weighted by atomic mass is 9.82. The lowest BCUT2D eigenvalue weighted by Crippen LogP contribution is -2.24. The van der Waals surface area contributed by atoms with Crippen LogP contribution in [0.1, 0.15) is 75.0 Å². The van der Waals surface area contributed by atoms with Crippen molar-refractivity contribution >= 4 is 23.2 Å². The first kappa shape index (κ1) is 19.8. The molecule has 0 saturated carbocycles. The number of carbonyl (C=O) groups is 3. The van der Waals surface area contributed by atoms with Crippen molar-refractivity contribution in [1.82, 2.24) is 0 Å². The van der Waals surface area contributed by atoms with Crippen molar-refractivity contribution in [3.8, 4) is 0 Å². The minimum absolute atomic E-state index is 0.0354. The normalized spacial score (nSPS) is 12.9. The molecule has 4 rings (SSSR count). The Balaban J connectivity index is 1.66. The molecule has 0 unspecified atom stereocenters. The molecule has 0 fully saturated rings. The summed E-state index contributed by atoms with van der Waals surface area (Å²) in [6.45, 7) is 6.47. The number of benzene rings is 3. The maximum Gasteiger partial charge on any atom is 0.255 e. The molecule has 0 aliphatic heterocycles. The number of amides is 1. The second-order valence-corrected chi connectivity index (χ2v) is 8.20. The molecule has 1 N–H and O–H groups in total. The molecule has 0 bridgehead atoms. The third-order valence-electron chi connectivity index (χ3n) is 6.01. The van der Waals surface area contributed by atoms with Gasteiger partial charge in [-0.25, -0.2) is 0 Å². The molecule has 150 valence electrons. The molecule has 1 amide bonds. The number of hydrogen-bond acceptors (Lipinski definition) is 3. The van der Waals surface area contributed by atoms with Gasteiger partial charge in [0, 0.05) is 22.3 Å². The van der Waals surface area contributed by atoms with E-state index in [9.17, 15) is 14.4 Å². The van der Waals surface area contributed by atoms with Gasteiger partial charge in [0.25, 0.3) is 5.91 Å². The Morgan fingerprint density at radius 3 is 2.03 bits per heavy atom. The Labute approximate surface area is 175 Å². The number of ketones is 2. The summed E-state index contributed by atoms with van der Waals surface area (Å²) in [5.74, 6) is -0.776. The fourth-order valence-electron chi connectivity index (χ4n) is 3.72. The smallest absolute Gasteiger partial charge is 0.255 e. The van der Waals surface area contributed by atoms with E-state index in [1.165, 1.54) is 0 Å². The van der Waals surface area contributed by atoms with Gasteiger partial charge in [-0.2, -0.15) is 0 Å². The molecule has 0 aromatic heterocycles. The third-order valence-corrected chi connectivity index (χ3v) is 6.01. The first-order valence-electron chi connectivity index (χ1n) is 10.1. The molecule has 3 aromatic carbocycles. The minimum Gasteiger partial charge on any atom is -0.321 e. The van der Waals surface area contributed by atoms with Crippen molar-refractivity contribution in [2.24, 2.45) is 0 Å². The lowest BCUT2D eigenvalue weighted by molar-refractivity contribution is 0.0978. The van der Waals surface area contributed by atoms with Crippen LogP contribution in [0.2, 0.25) is 0 Å². The Bertz CT molecular complexity index is 1170. The highest BCUT2D eigenvalue weighted by atomic mass is 16.2. The monoisotopic (exact) mass is 397 g/mol. The fourth-order valence-corrected chi connectivity index (χ4v) is 3.72. The SMILES string of the molecule is CCC(C)(C)c1ccc(C(=O)Nc2cccc3c2C(=O)c2ccccc2C3=O)cc1. The standard InChI is InChI=1S/C26H23NO3/c1-4-26(2,3)17-14-12-16(13-15-17)25(30)27-21-11-7-10-20-22(21)24(29)19-9-6-5-8-18(19)23(20)28/h5-15H,4H2,1-3H3,(H,27,30). The minimum atomic E-state index is -0.316. The van der Waals surface area contributed by atoms with Crippen LogP contribution in [0, 0.1) is 0 Å². The molecule has 30 heavy (non-hydrogen) atoms. The van der Waals surface area contributed by atoms with Crippen LogP contribution in [0.5, 0.6) is 0 Å². The third kappa shape index (κ3) is 3.24. The maximum atomic E-state index is 13.1. The van der Waals surface area contributed by atoms with Gasteiger partial charge >= 0.3 is 0 Å². The molecule has 0 spiro atoms. The molecular weight excluding hydrogens is 374 g/mol. The van der Waals surface area contributed by atoms with E-state index in [0.717, 1.165) is 12.0 Å². The van der Waals surface area contributed by atoms with Gasteiger partial charge in [-0.15, -0.1) is 0 Å². The summed E-state index contributed by atoms with van der Waals surface area (Å²) in [5, 5.41) is 2.83. The van der Waals surface area contributed by atoms with Gasteiger partial charge in [0.2, 0.25) is 0 Å². The molecule has 3 aromatic rings. The van der Waals surface area contributed by atoms with Crippen molar-refractivity contribution in [3.05, 3.63) is 100 Å². The summed E-state index contributed by atoms with van der Waals surface area (Å²) in [6, 6.07) is 19.2. The van der Waals surface area contributed by atoms with Crippen LogP contribution in [0.15, 0.2) is 66.7 Å². The summed E-state index contributed by atoms with van der Waals surface area (Å²) >= 11 is 0. The fraction of sp³-hybridized carbons (Fsp3) is 0.192. The summed E-state index contributed by atoms with van der Waals surface area (Å²) in [4.78, 5) is 38.8.